The third-order valence-corrected chi connectivity index (χ3v) is 22.3. The van der Waals surface area contributed by atoms with Crippen molar-refractivity contribution in [2.45, 2.75) is 105 Å². The van der Waals surface area contributed by atoms with E-state index >= 15 is 4.39 Å². The van der Waals surface area contributed by atoms with Crippen LogP contribution in [0.4, 0.5) is 4.39 Å². The average molecular weight is 486 g/mol. The summed E-state index contributed by atoms with van der Waals surface area (Å²) in [6.45, 7) is 10.5. The molecule has 2 nitrogen and oxygen atoms in total. The van der Waals surface area contributed by atoms with Crippen LogP contribution in [-0.2, 0) is 4.74 Å². The van der Waals surface area contributed by atoms with Gasteiger partial charge in [-0.2, -0.15) is 0 Å². The molecule has 0 aliphatic carbocycles. The van der Waals surface area contributed by atoms with Gasteiger partial charge < -0.3 is 0 Å². The van der Waals surface area contributed by atoms with Crippen LogP contribution in [0.5, 0.6) is 0 Å². The normalized spacial score (nSPS) is 21.6. The second kappa shape index (κ2) is 11.8. The van der Waals surface area contributed by atoms with Crippen molar-refractivity contribution in [1.29, 1.82) is 0 Å². The maximum absolute atomic E-state index is 15.8. The second-order valence-corrected chi connectivity index (χ2v) is 21.7. The summed E-state index contributed by atoms with van der Waals surface area (Å²) in [4.78, 5) is 2.19. The predicted molar refractivity (Wildman–Crippen MR) is 117 cm³/mol. The van der Waals surface area contributed by atoms with Crippen LogP contribution in [0.15, 0.2) is 21.2 Å². The van der Waals surface area contributed by atoms with Gasteiger partial charge in [0, 0.05) is 0 Å². The van der Waals surface area contributed by atoms with Gasteiger partial charge in [-0.1, -0.05) is 0 Å². The Labute approximate surface area is 171 Å². The van der Waals surface area contributed by atoms with Crippen molar-refractivity contribution in [3.63, 3.8) is 0 Å². The zero-order valence-corrected chi connectivity index (χ0v) is 21.1. The van der Waals surface area contributed by atoms with E-state index in [0.717, 1.165) is 31.7 Å². The molecule has 0 saturated carbocycles. The molecule has 0 aromatic carbocycles. The number of halogens is 1. The van der Waals surface area contributed by atoms with Crippen molar-refractivity contribution >= 4 is 18.4 Å². The molecule has 1 unspecified atom stereocenters. The van der Waals surface area contributed by atoms with E-state index in [9.17, 15) is 0 Å². The van der Waals surface area contributed by atoms with Crippen LogP contribution in [0.2, 0.25) is 13.3 Å². The van der Waals surface area contributed by atoms with Gasteiger partial charge in [0.05, 0.1) is 0 Å². The molecular weight excluding hydrogens is 444 g/mol. The van der Waals surface area contributed by atoms with Crippen LogP contribution in [0.3, 0.4) is 0 Å². The van der Waals surface area contributed by atoms with E-state index in [4.69, 9.17) is 4.74 Å². The van der Waals surface area contributed by atoms with Crippen molar-refractivity contribution in [3.05, 3.63) is 21.2 Å². The Kier molecular flexibility index (Phi) is 10.2. The number of rotatable bonds is 11. The summed E-state index contributed by atoms with van der Waals surface area (Å²) >= 11 is -2.70. The summed E-state index contributed by atoms with van der Waals surface area (Å²) in [6.07, 6.45) is 13.3. The summed E-state index contributed by atoms with van der Waals surface area (Å²) in [6, 6.07) is 0. The molecule has 0 aromatic rings. The minimum atomic E-state index is -2.70. The van der Waals surface area contributed by atoms with Crippen molar-refractivity contribution < 1.29 is 9.13 Å². The van der Waals surface area contributed by atoms with Crippen LogP contribution in [0.25, 0.3) is 0 Å². The molecular formula is C23H42FNOSn. The summed E-state index contributed by atoms with van der Waals surface area (Å²) in [5.74, 6) is 0.134. The molecule has 1 fully saturated rings. The Balaban J connectivity index is 2.28. The van der Waals surface area contributed by atoms with E-state index in [1.54, 1.807) is 0 Å². The molecule has 0 aromatic heterocycles. The van der Waals surface area contributed by atoms with Crippen LogP contribution < -0.4 is 0 Å². The molecule has 1 atom stereocenters. The predicted octanol–water partition coefficient (Wildman–Crippen LogP) is 7.34. The van der Waals surface area contributed by atoms with Crippen LogP contribution in [0.1, 0.15) is 85.5 Å². The first kappa shape index (κ1) is 23.2. The Hall–Kier alpha value is -0.0313. The van der Waals surface area contributed by atoms with Gasteiger partial charge in [-0.15, -0.1) is 0 Å². The molecule has 156 valence electrons. The molecule has 0 amide bonds. The van der Waals surface area contributed by atoms with Gasteiger partial charge in [-0.25, -0.2) is 0 Å². The fourth-order valence-corrected chi connectivity index (χ4v) is 21.4. The molecule has 0 radical (unpaired) electrons. The van der Waals surface area contributed by atoms with Gasteiger partial charge in [0.15, 0.2) is 0 Å². The van der Waals surface area contributed by atoms with Gasteiger partial charge in [-0.3, -0.25) is 0 Å². The van der Waals surface area contributed by atoms with Gasteiger partial charge in [0.25, 0.3) is 0 Å². The van der Waals surface area contributed by atoms with E-state index in [0.29, 0.717) is 0 Å². The number of hydrogen-bond acceptors (Lipinski definition) is 2. The van der Waals surface area contributed by atoms with E-state index in [1.165, 1.54) is 61.8 Å². The molecule has 2 aliphatic heterocycles. The Morgan fingerprint density at radius 2 is 1.63 bits per heavy atom. The molecule has 0 bridgehead atoms. The quantitative estimate of drug-likeness (QED) is 0.283. The maximum atomic E-state index is 15.8. The first-order chi connectivity index (χ1) is 13.1. The zero-order valence-electron chi connectivity index (χ0n) is 18.3. The third kappa shape index (κ3) is 5.98. The molecule has 0 N–H and O–H groups in total. The van der Waals surface area contributed by atoms with E-state index in [2.05, 4.69) is 31.7 Å². The molecule has 2 rings (SSSR count). The number of nitrogens with zero attached hydrogens (tertiary/aromatic N) is 1. The summed E-state index contributed by atoms with van der Waals surface area (Å²) < 4.78 is 27.0. The fourth-order valence-electron chi connectivity index (χ4n) is 4.81. The molecule has 2 heterocycles. The number of unbranched alkanes of at least 4 members (excludes halogenated alkanes) is 3. The van der Waals surface area contributed by atoms with Crippen molar-refractivity contribution in [2.75, 3.05) is 13.2 Å². The van der Waals surface area contributed by atoms with Crippen molar-refractivity contribution in [1.82, 2.24) is 4.90 Å². The van der Waals surface area contributed by atoms with E-state index in [-0.39, 0.29) is 12.1 Å². The molecule has 1 saturated heterocycles. The zero-order chi connectivity index (χ0) is 19.7. The standard InChI is InChI=1S/C11H15FNO.3C4H9.Sn/c1-9-10(12)5-4-7-13(9)11-6-2-3-8-14-11;3*1-3-4-2;/h4,11H,2-3,6-8H2,1H3;3*1,3-4H2,2H3;. The molecule has 2 aliphatic rings. The van der Waals surface area contributed by atoms with E-state index in [1.807, 2.05) is 6.92 Å². The third-order valence-electron chi connectivity index (χ3n) is 6.58. The first-order valence-electron chi connectivity index (χ1n) is 11.5. The van der Waals surface area contributed by atoms with Gasteiger partial charge >= 0.3 is 172 Å². The number of allylic oxidation sites excluding steroid dienone is 3. The van der Waals surface area contributed by atoms with Crippen LogP contribution >= 0.6 is 0 Å². The molecule has 4 heteroatoms. The van der Waals surface area contributed by atoms with Gasteiger partial charge in [0.2, 0.25) is 0 Å². The van der Waals surface area contributed by atoms with E-state index < -0.39 is 18.4 Å². The van der Waals surface area contributed by atoms with Crippen molar-refractivity contribution in [2.24, 2.45) is 0 Å². The monoisotopic (exact) mass is 487 g/mol. The van der Waals surface area contributed by atoms with Gasteiger partial charge in [-0.05, 0) is 0 Å². The Morgan fingerprint density at radius 1 is 1.04 bits per heavy atom. The van der Waals surface area contributed by atoms with Crippen LogP contribution in [-0.4, -0.2) is 42.7 Å². The minimum absolute atomic E-state index is 0.0776. The topological polar surface area (TPSA) is 12.5 Å². The molecule has 0 spiro atoms. The van der Waals surface area contributed by atoms with Crippen molar-refractivity contribution in [3.8, 4) is 0 Å². The SMILES string of the molecule is CCC[CH2][Sn]([CH2]CCC)([CH2]CCC)[C]1=CCN(C2CCCCO2)C(C)=C1F. The first-order valence-corrected chi connectivity index (χ1v) is 19.0. The average Bonchev–Trinajstić information content (AvgIpc) is 2.70. The number of hydrogen-bond donors (Lipinski definition) is 0. The Bertz CT molecular complexity index is 489. The summed E-state index contributed by atoms with van der Waals surface area (Å²) in [5.41, 5.74) is 0.852. The number of ether oxygens (including phenoxy) is 1. The van der Waals surface area contributed by atoms with Gasteiger partial charge in [0.1, 0.15) is 0 Å². The Morgan fingerprint density at radius 3 is 2.11 bits per heavy atom. The summed E-state index contributed by atoms with van der Waals surface area (Å²) in [5, 5.41) is 0. The summed E-state index contributed by atoms with van der Waals surface area (Å²) in [7, 11) is 0. The molecule has 27 heavy (non-hydrogen) atoms. The fraction of sp³-hybridized carbons (Fsp3) is 0.826. The van der Waals surface area contributed by atoms with Crippen LogP contribution in [0, 0.1) is 0 Å². The second-order valence-electron chi connectivity index (χ2n) is 8.58.